The molecule has 0 saturated heterocycles. The summed E-state index contributed by atoms with van der Waals surface area (Å²) in [5.41, 5.74) is 0.419. The summed E-state index contributed by atoms with van der Waals surface area (Å²) in [7, 11) is 0. The summed E-state index contributed by atoms with van der Waals surface area (Å²) in [6.07, 6.45) is 1.32. The number of hydrogen-bond donors (Lipinski definition) is 2. The maximum atomic E-state index is 12.3. The van der Waals surface area contributed by atoms with Crippen molar-refractivity contribution in [3.8, 4) is 0 Å². The molecule has 2 N–H and O–H groups in total. The maximum Gasteiger partial charge on any atom is 0.329 e. The molecule has 0 radical (unpaired) electrons. The second-order valence-corrected chi connectivity index (χ2v) is 7.04. The third-order valence-corrected chi connectivity index (χ3v) is 4.15. The first-order valence-corrected chi connectivity index (χ1v) is 9.17. The summed E-state index contributed by atoms with van der Waals surface area (Å²) < 4.78 is 5.04. The molecule has 9 heteroatoms. The number of ether oxygens (including phenoxy) is 1. The third-order valence-electron chi connectivity index (χ3n) is 3.65. The molecule has 0 unspecified atom stereocenters. The summed E-state index contributed by atoms with van der Waals surface area (Å²) in [6.45, 7) is 2.97. The number of hydrogen-bond acceptors (Lipinski definition) is 5. The largest absolute Gasteiger partial charge is 0.454 e. The van der Waals surface area contributed by atoms with Gasteiger partial charge >= 0.3 is 5.97 Å². The van der Waals surface area contributed by atoms with E-state index in [9.17, 15) is 14.4 Å². The SMILES string of the molecule is CC(C)[C@H](NC(=O)c1ccccc1)C(=O)OCC(=O)Nc1ncc(Cl)cc1Cl. The standard InChI is InChI=1S/C19H19Cl2N3O4/c1-11(2)16(24-18(26)12-6-4-3-5-7-12)19(27)28-10-15(25)23-17-14(21)8-13(20)9-22-17/h3-9,11,16H,10H2,1-2H3,(H,24,26)(H,22,23,25)/t16-/m0/s1. The molecule has 0 spiro atoms. The first-order valence-electron chi connectivity index (χ1n) is 8.41. The van der Waals surface area contributed by atoms with Crippen molar-refractivity contribution in [3.05, 3.63) is 58.2 Å². The van der Waals surface area contributed by atoms with E-state index in [1.54, 1.807) is 44.2 Å². The molecule has 148 valence electrons. The van der Waals surface area contributed by atoms with Crippen molar-refractivity contribution >= 4 is 46.8 Å². The summed E-state index contributed by atoms with van der Waals surface area (Å²) in [5, 5.41) is 5.53. The van der Waals surface area contributed by atoms with Crippen LogP contribution in [0.4, 0.5) is 5.82 Å². The van der Waals surface area contributed by atoms with Crippen molar-refractivity contribution in [1.82, 2.24) is 10.3 Å². The number of nitrogens with zero attached hydrogens (tertiary/aromatic N) is 1. The predicted octanol–water partition coefficient (Wildman–Crippen LogP) is 3.32. The van der Waals surface area contributed by atoms with Crippen LogP contribution in [0.1, 0.15) is 24.2 Å². The van der Waals surface area contributed by atoms with Crippen LogP contribution < -0.4 is 10.6 Å². The molecular weight excluding hydrogens is 405 g/mol. The average Bonchev–Trinajstić information content (AvgIpc) is 2.66. The van der Waals surface area contributed by atoms with Crippen LogP contribution in [0.3, 0.4) is 0 Å². The zero-order chi connectivity index (χ0) is 20.7. The quantitative estimate of drug-likeness (QED) is 0.665. The number of anilines is 1. The van der Waals surface area contributed by atoms with E-state index in [0.29, 0.717) is 10.6 Å². The Morgan fingerprint density at radius 2 is 1.82 bits per heavy atom. The smallest absolute Gasteiger partial charge is 0.329 e. The van der Waals surface area contributed by atoms with E-state index in [2.05, 4.69) is 15.6 Å². The van der Waals surface area contributed by atoms with E-state index in [4.69, 9.17) is 27.9 Å². The Bertz CT molecular complexity index is 860. The molecule has 1 atom stereocenters. The molecule has 7 nitrogen and oxygen atoms in total. The summed E-state index contributed by atoms with van der Waals surface area (Å²) in [4.78, 5) is 40.5. The summed E-state index contributed by atoms with van der Waals surface area (Å²) >= 11 is 11.7. The molecule has 2 rings (SSSR count). The lowest BCUT2D eigenvalue weighted by Gasteiger charge is -2.20. The van der Waals surface area contributed by atoms with Gasteiger partial charge in [-0.2, -0.15) is 0 Å². The zero-order valence-corrected chi connectivity index (χ0v) is 16.8. The number of carbonyl (C=O) groups excluding carboxylic acids is 3. The minimum Gasteiger partial charge on any atom is -0.454 e. The minimum atomic E-state index is -0.905. The fraction of sp³-hybridized carbons (Fsp3) is 0.263. The van der Waals surface area contributed by atoms with Crippen LogP contribution in [0.25, 0.3) is 0 Å². The summed E-state index contributed by atoms with van der Waals surface area (Å²) in [6, 6.07) is 9.01. The first kappa shape index (κ1) is 21.7. The molecule has 0 bridgehead atoms. The van der Waals surface area contributed by atoms with Crippen LogP contribution in [-0.4, -0.2) is 35.4 Å². The Balaban J connectivity index is 1.92. The van der Waals surface area contributed by atoms with Crippen molar-refractivity contribution in [1.29, 1.82) is 0 Å². The molecule has 28 heavy (non-hydrogen) atoms. The first-order chi connectivity index (χ1) is 13.3. The highest BCUT2D eigenvalue weighted by Crippen LogP contribution is 2.22. The van der Waals surface area contributed by atoms with Crippen molar-refractivity contribution in [2.75, 3.05) is 11.9 Å². The van der Waals surface area contributed by atoms with Crippen LogP contribution in [-0.2, 0) is 14.3 Å². The number of rotatable bonds is 7. The number of nitrogens with one attached hydrogen (secondary N) is 2. The van der Waals surface area contributed by atoms with E-state index in [0.717, 1.165) is 0 Å². The van der Waals surface area contributed by atoms with Crippen LogP contribution >= 0.6 is 23.2 Å². The number of esters is 1. The van der Waals surface area contributed by atoms with Crippen molar-refractivity contribution in [3.63, 3.8) is 0 Å². The van der Waals surface area contributed by atoms with Gasteiger partial charge in [0, 0.05) is 11.8 Å². The lowest BCUT2D eigenvalue weighted by molar-refractivity contribution is -0.150. The van der Waals surface area contributed by atoms with Crippen molar-refractivity contribution in [2.45, 2.75) is 19.9 Å². The second kappa shape index (κ2) is 10.1. The van der Waals surface area contributed by atoms with E-state index < -0.39 is 30.4 Å². The predicted molar refractivity (Wildman–Crippen MR) is 106 cm³/mol. The van der Waals surface area contributed by atoms with Crippen molar-refractivity contribution < 1.29 is 19.1 Å². The zero-order valence-electron chi connectivity index (χ0n) is 15.2. The molecule has 0 aliphatic carbocycles. The highest BCUT2D eigenvalue weighted by Gasteiger charge is 2.26. The van der Waals surface area contributed by atoms with Gasteiger partial charge in [0.25, 0.3) is 11.8 Å². The average molecular weight is 424 g/mol. The topological polar surface area (TPSA) is 97.4 Å². The molecule has 0 saturated carbocycles. The minimum absolute atomic E-state index is 0.102. The highest BCUT2D eigenvalue weighted by atomic mass is 35.5. The van der Waals surface area contributed by atoms with Crippen LogP contribution in [0, 0.1) is 5.92 Å². The van der Waals surface area contributed by atoms with Gasteiger partial charge < -0.3 is 15.4 Å². The van der Waals surface area contributed by atoms with Crippen LogP contribution in [0.5, 0.6) is 0 Å². The maximum absolute atomic E-state index is 12.3. The van der Waals surface area contributed by atoms with E-state index in [-0.39, 0.29) is 16.8 Å². The molecule has 1 aromatic carbocycles. The van der Waals surface area contributed by atoms with Gasteiger partial charge in [-0.1, -0.05) is 55.2 Å². The van der Waals surface area contributed by atoms with Crippen LogP contribution in [0.2, 0.25) is 10.0 Å². The van der Waals surface area contributed by atoms with E-state index >= 15 is 0 Å². The number of amides is 2. The van der Waals surface area contributed by atoms with Gasteiger partial charge in [0.1, 0.15) is 6.04 Å². The fourth-order valence-electron chi connectivity index (χ4n) is 2.21. The Morgan fingerprint density at radius 3 is 2.43 bits per heavy atom. The number of aromatic nitrogens is 1. The van der Waals surface area contributed by atoms with Crippen molar-refractivity contribution in [2.24, 2.45) is 5.92 Å². The Morgan fingerprint density at radius 1 is 1.14 bits per heavy atom. The van der Waals surface area contributed by atoms with Gasteiger partial charge in [-0.3, -0.25) is 9.59 Å². The van der Waals surface area contributed by atoms with E-state index in [1.165, 1.54) is 12.3 Å². The Labute approximate surface area is 172 Å². The van der Waals surface area contributed by atoms with Gasteiger partial charge in [-0.05, 0) is 24.1 Å². The third kappa shape index (κ3) is 6.21. The Kier molecular flexibility index (Phi) is 7.78. The molecule has 0 aliphatic heterocycles. The highest BCUT2D eigenvalue weighted by molar-refractivity contribution is 6.36. The molecule has 2 aromatic rings. The number of pyridine rings is 1. The van der Waals surface area contributed by atoms with Gasteiger partial charge in [-0.15, -0.1) is 0 Å². The molecule has 2 amide bonds. The normalized spacial score (nSPS) is 11.6. The lowest BCUT2D eigenvalue weighted by Crippen LogP contribution is -2.45. The monoisotopic (exact) mass is 423 g/mol. The molecule has 0 aliphatic rings. The fourth-order valence-corrected chi connectivity index (χ4v) is 2.64. The second-order valence-electron chi connectivity index (χ2n) is 6.20. The summed E-state index contributed by atoms with van der Waals surface area (Å²) in [5.74, 6) is -1.88. The molecule has 0 fully saturated rings. The van der Waals surface area contributed by atoms with Gasteiger partial charge in [0.15, 0.2) is 12.4 Å². The van der Waals surface area contributed by atoms with Gasteiger partial charge in [0.05, 0.1) is 10.0 Å². The molecule has 1 heterocycles. The Hall–Kier alpha value is -2.64. The van der Waals surface area contributed by atoms with Gasteiger partial charge in [-0.25, -0.2) is 9.78 Å². The number of benzene rings is 1. The molecular formula is C19H19Cl2N3O4. The molecule has 1 aromatic heterocycles. The van der Waals surface area contributed by atoms with E-state index in [1.807, 2.05) is 0 Å². The number of carbonyl (C=O) groups is 3. The number of halogens is 2. The van der Waals surface area contributed by atoms with Gasteiger partial charge in [0.2, 0.25) is 0 Å². The van der Waals surface area contributed by atoms with Crippen LogP contribution in [0.15, 0.2) is 42.6 Å². The lowest BCUT2D eigenvalue weighted by atomic mass is 10.0.